The zero-order chi connectivity index (χ0) is 14.6. The van der Waals surface area contributed by atoms with Crippen LogP contribution in [0.2, 0.25) is 0 Å². The molecular weight excluding hydrogens is 269 g/mol. The molecule has 4 nitrogen and oxygen atoms in total. The quantitative estimate of drug-likeness (QED) is 0.905. The SMILES string of the molecule is NCCc1ccc(Nc2nccc(C(F)(F)F)n2)cc1. The van der Waals surface area contributed by atoms with Gasteiger partial charge in [0.15, 0.2) is 0 Å². The first kappa shape index (κ1) is 14.3. The van der Waals surface area contributed by atoms with Crippen LogP contribution in [0.25, 0.3) is 0 Å². The van der Waals surface area contributed by atoms with Crippen molar-refractivity contribution in [1.29, 1.82) is 0 Å². The lowest BCUT2D eigenvalue weighted by Gasteiger charge is -2.09. The number of halogens is 3. The number of benzene rings is 1. The molecule has 1 heterocycles. The molecule has 2 rings (SSSR count). The van der Waals surface area contributed by atoms with Gasteiger partial charge < -0.3 is 11.1 Å². The fourth-order valence-electron chi connectivity index (χ4n) is 1.63. The molecule has 0 atom stereocenters. The van der Waals surface area contributed by atoms with Crippen molar-refractivity contribution in [2.75, 3.05) is 11.9 Å². The van der Waals surface area contributed by atoms with Crippen LogP contribution in [-0.4, -0.2) is 16.5 Å². The predicted molar refractivity (Wildman–Crippen MR) is 69.5 cm³/mol. The van der Waals surface area contributed by atoms with Gasteiger partial charge in [0.2, 0.25) is 5.95 Å². The number of nitrogens with zero attached hydrogens (tertiary/aromatic N) is 2. The normalized spacial score (nSPS) is 11.4. The molecule has 0 spiro atoms. The number of anilines is 2. The number of alkyl halides is 3. The van der Waals surface area contributed by atoms with Crippen LogP contribution in [-0.2, 0) is 12.6 Å². The van der Waals surface area contributed by atoms with Crippen molar-refractivity contribution >= 4 is 11.6 Å². The summed E-state index contributed by atoms with van der Waals surface area (Å²) in [6, 6.07) is 8.02. The summed E-state index contributed by atoms with van der Waals surface area (Å²) in [6.45, 7) is 0.545. The molecule has 0 fully saturated rings. The van der Waals surface area contributed by atoms with E-state index < -0.39 is 11.9 Å². The molecule has 3 N–H and O–H groups in total. The molecule has 0 aliphatic carbocycles. The van der Waals surface area contributed by atoms with Crippen molar-refractivity contribution in [2.45, 2.75) is 12.6 Å². The topological polar surface area (TPSA) is 63.8 Å². The molecule has 0 saturated heterocycles. The van der Waals surface area contributed by atoms with E-state index in [9.17, 15) is 13.2 Å². The van der Waals surface area contributed by atoms with Crippen molar-refractivity contribution < 1.29 is 13.2 Å². The second-order valence-corrected chi connectivity index (χ2v) is 4.12. The smallest absolute Gasteiger partial charge is 0.330 e. The average molecular weight is 282 g/mol. The van der Waals surface area contributed by atoms with Crippen molar-refractivity contribution in [3.8, 4) is 0 Å². The monoisotopic (exact) mass is 282 g/mol. The Morgan fingerprint density at radius 1 is 1.10 bits per heavy atom. The standard InChI is InChI=1S/C13H13F3N4/c14-13(15,16)11-6-8-18-12(20-11)19-10-3-1-9(2-4-10)5-7-17/h1-4,6,8H,5,7,17H2,(H,18,19,20). The summed E-state index contributed by atoms with van der Waals surface area (Å²) in [5.41, 5.74) is 6.13. The molecule has 1 aromatic heterocycles. The molecule has 0 amide bonds. The van der Waals surface area contributed by atoms with E-state index >= 15 is 0 Å². The van der Waals surface area contributed by atoms with E-state index in [4.69, 9.17) is 5.73 Å². The number of aromatic nitrogens is 2. The van der Waals surface area contributed by atoms with Gasteiger partial charge in [0.05, 0.1) is 0 Å². The first-order chi connectivity index (χ1) is 9.49. The van der Waals surface area contributed by atoms with Crippen molar-refractivity contribution in [2.24, 2.45) is 5.73 Å². The van der Waals surface area contributed by atoms with Gasteiger partial charge in [-0.1, -0.05) is 12.1 Å². The van der Waals surface area contributed by atoms with Crippen LogP contribution in [0.3, 0.4) is 0 Å². The molecule has 0 saturated carbocycles. The average Bonchev–Trinajstić information content (AvgIpc) is 2.41. The van der Waals surface area contributed by atoms with Gasteiger partial charge in [-0.05, 0) is 36.7 Å². The molecular formula is C13H13F3N4. The molecule has 0 radical (unpaired) electrons. The second-order valence-electron chi connectivity index (χ2n) is 4.12. The highest BCUT2D eigenvalue weighted by Crippen LogP contribution is 2.28. The van der Waals surface area contributed by atoms with Crippen LogP contribution in [0.1, 0.15) is 11.3 Å². The Kier molecular flexibility index (Phi) is 4.19. The second kappa shape index (κ2) is 5.87. The summed E-state index contributed by atoms with van der Waals surface area (Å²) < 4.78 is 37.5. The molecule has 0 bridgehead atoms. The zero-order valence-corrected chi connectivity index (χ0v) is 10.5. The van der Waals surface area contributed by atoms with Gasteiger partial charge in [-0.2, -0.15) is 13.2 Å². The van der Waals surface area contributed by atoms with E-state index in [0.717, 1.165) is 24.2 Å². The first-order valence-corrected chi connectivity index (χ1v) is 5.95. The Hall–Kier alpha value is -2.15. The van der Waals surface area contributed by atoms with Gasteiger partial charge in [0.25, 0.3) is 0 Å². The molecule has 0 aliphatic heterocycles. The van der Waals surface area contributed by atoms with Gasteiger partial charge in [-0.15, -0.1) is 0 Å². The Labute approximate surface area is 113 Å². The lowest BCUT2D eigenvalue weighted by molar-refractivity contribution is -0.141. The highest BCUT2D eigenvalue weighted by molar-refractivity contribution is 5.53. The molecule has 1 aromatic carbocycles. The minimum Gasteiger partial charge on any atom is -0.330 e. The zero-order valence-electron chi connectivity index (χ0n) is 10.5. The number of nitrogens with one attached hydrogen (secondary N) is 1. The van der Waals surface area contributed by atoms with Crippen molar-refractivity contribution in [3.05, 3.63) is 47.8 Å². The third-order valence-electron chi connectivity index (χ3n) is 2.59. The van der Waals surface area contributed by atoms with E-state index in [1.165, 1.54) is 0 Å². The highest BCUT2D eigenvalue weighted by Gasteiger charge is 2.32. The fraction of sp³-hybridized carbons (Fsp3) is 0.231. The maximum absolute atomic E-state index is 12.5. The molecule has 7 heteroatoms. The van der Waals surface area contributed by atoms with Gasteiger partial charge in [0.1, 0.15) is 5.69 Å². The number of hydrogen-bond donors (Lipinski definition) is 2. The Balaban J connectivity index is 2.13. The van der Waals surface area contributed by atoms with Crippen molar-refractivity contribution in [1.82, 2.24) is 9.97 Å². The van der Waals surface area contributed by atoms with Crippen LogP contribution in [0.4, 0.5) is 24.8 Å². The maximum Gasteiger partial charge on any atom is 0.433 e. The summed E-state index contributed by atoms with van der Waals surface area (Å²) in [4.78, 5) is 7.20. The number of rotatable bonds is 4. The number of nitrogens with two attached hydrogens (primary N) is 1. The van der Waals surface area contributed by atoms with Gasteiger partial charge >= 0.3 is 6.18 Å². The minimum absolute atomic E-state index is 0.0913. The predicted octanol–water partition coefficient (Wildman–Crippen LogP) is 2.74. The summed E-state index contributed by atoms with van der Waals surface area (Å²) >= 11 is 0. The third kappa shape index (κ3) is 3.67. The van der Waals surface area contributed by atoms with Crippen molar-refractivity contribution in [3.63, 3.8) is 0 Å². The number of hydrogen-bond acceptors (Lipinski definition) is 4. The Morgan fingerprint density at radius 3 is 2.40 bits per heavy atom. The maximum atomic E-state index is 12.5. The van der Waals surface area contributed by atoms with E-state index in [2.05, 4.69) is 15.3 Å². The summed E-state index contributed by atoms with van der Waals surface area (Å²) in [5.74, 6) is -0.0913. The van der Waals surface area contributed by atoms with E-state index in [-0.39, 0.29) is 5.95 Å². The third-order valence-corrected chi connectivity index (χ3v) is 2.59. The summed E-state index contributed by atoms with van der Waals surface area (Å²) in [5, 5.41) is 2.73. The Bertz CT molecular complexity index is 567. The highest BCUT2D eigenvalue weighted by atomic mass is 19.4. The van der Waals surface area contributed by atoms with E-state index in [1.54, 1.807) is 12.1 Å². The van der Waals surface area contributed by atoms with Crippen LogP contribution in [0, 0.1) is 0 Å². The van der Waals surface area contributed by atoms with Gasteiger partial charge in [0, 0.05) is 11.9 Å². The van der Waals surface area contributed by atoms with Crippen LogP contribution < -0.4 is 11.1 Å². The lowest BCUT2D eigenvalue weighted by atomic mass is 10.1. The Morgan fingerprint density at radius 2 is 1.80 bits per heavy atom. The van der Waals surface area contributed by atoms with Gasteiger partial charge in [-0.25, -0.2) is 9.97 Å². The van der Waals surface area contributed by atoms with Crippen LogP contribution in [0.15, 0.2) is 36.5 Å². The molecule has 20 heavy (non-hydrogen) atoms. The molecule has 0 unspecified atom stereocenters. The van der Waals surface area contributed by atoms with E-state index in [0.29, 0.717) is 12.2 Å². The molecule has 0 aliphatic rings. The van der Waals surface area contributed by atoms with Crippen LogP contribution in [0.5, 0.6) is 0 Å². The molecule has 2 aromatic rings. The lowest BCUT2D eigenvalue weighted by Crippen LogP contribution is -2.10. The van der Waals surface area contributed by atoms with Crippen LogP contribution >= 0.6 is 0 Å². The minimum atomic E-state index is -4.48. The fourth-order valence-corrected chi connectivity index (χ4v) is 1.63. The summed E-state index contributed by atoms with van der Waals surface area (Å²) in [7, 11) is 0. The van der Waals surface area contributed by atoms with Gasteiger partial charge in [-0.3, -0.25) is 0 Å². The first-order valence-electron chi connectivity index (χ1n) is 5.95. The largest absolute Gasteiger partial charge is 0.433 e. The van der Waals surface area contributed by atoms with E-state index in [1.807, 2.05) is 12.1 Å². The summed E-state index contributed by atoms with van der Waals surface area (Å²) in [6.07, 6.45) is -2.66. The molecule has 106 valence electrons.